The number of hydrogen-bond acceptors (Lipinski definition) is 2. The van der Waals surface area contributed by atoms with Crippen LogP contribution in [0.15, 0.2) is 78.9 Å². The molecule has 2 heterocycles. The third-order valence-corrected chi connectivity index (χ3v) is 5.90. The van der Waals surface area contributed by atoms with Crippen molar-refractivity contribution in [1.29, 1.82) is 0 Å². The minimum atomic E-state index is -0.203. The summed E-state index contributed by atoms with van der Waals surface area (Å²) in [6.07, 6.45) is 0.806. The number of H-pyrrole nitrogens is 1. The van der Waals surface area contributed by atoms with Gasteiger partial charge in [-0.2, -0.15) is 0 Å². The molecular formula is C25H21ClN2O2. The van der Waals surface area contributed by atoms with Gasteiger partial charge in [0.15, 0.2) is 6.61 Å². The quantitative estimate of drug-likeness (QED) is 0.485. The summed E-state index contributed by atoms with van der Waals surface area (Å²) in [6, 6.07) is 25.3. The third-order valence-electron chi connectivity index (χ3n) is 5.65. The first-order chi connectivity index (χ1) is 14.7. The number of para-hydroxylation sites is 2. The van der Waals surface area contributed by atoms with Crippen LogP contribution in [0.4, 0.5) is 0 Å². The molecule has 1 aromatic heterocycles. The number of ether oxygens (including phenoxy) is 1. The molecule has 1 amide bonds. The third kappa shape index (κ3) is 3.44. The zero-order valence-corrected chi connectivity index (χ0v) is 17.1. The van der Waals surface area contributed by atoms with Gasteiger partial charge in [0.1, 0.15) is 5.75 Å². The van der Waals surface area contributed by atoms with Crippen LogP contribution in [0.25, 0.3) is 10.9 Å². The van der Waals surface area contributed by atoms with Crippen LogP contribution >= 0.6 is 11.6 Å². The zero-order valence-electron chi connectivity index (χ0n) is 16.3. The van der Waals surface area contributed by atoms with Gasteiger partial charge in [0, 0.05) is 28.2 Å². The molecule has 1 aliphatic heterocycles. The van der Waals surface area contributed by atoms with E-state index in [9.17, 15) is 4.79 Å². The number of halogens is 1. The molecule has 5 rings (SSSR count). The van der Waals surface area contributed by atoms with Crippen molar-refractivity contribution in [3.8, 4) is 5.75 Å². The Labute approximate surface area is 180 Å². The number of rotatable bonds is 4. The standard InChI is InChI=1S/C25H21ClN2O2/c26-18-12-10-17(11-13-18)25-24-21(20-8-4-5-9-22(20)27-24)14-15-28(25)23(29)16-30-19-6-2-1-3-7-19/h1-13,25,27H,14-16H2/t25-/m1/s1. The maximum Gasteiger partial charge on any atom is 0.261 e. The van der Waals surface area contributed by atoms with Crippen molar-refractivity contribution < 1.29 is 9.53 Å². The Kier molecular flexibility index (Phi) is 4.93. The molecule has 1 aliphatic rings. The van der Waals surface area contributed by atoms with E-state index in [1.54, 1.807) is 0 Å². The fourth-order valence-electron chi connectivity index (χ4n) is 4.25. The van der Waals surface area contributed by atoms with Gasteiger partial charge in [-0.25, -0.2) is 0 Å². The lowest BCUT2D eigenvalue weighted by Gasteiger charge is -2.36. The molecule has 150 valence electrons. The summed E-state index contributed by atoms with van der Waals surface area (Å²) >= 11 is 6.12. The minimum Gasteiger partial charge on any atom is -0.484 e. The first-order valence-electron chi connectivity index (χ1n) is 10.0. The number of hydrogen-bond donors (Lipinski definition) is 1. The van der Waals surface area contributed by atoms with Gasteiger partial charge in [-0.05, 0) is 47.9 Å². The highest BCUT2D eigenvalue weighted by atomic mass is 35.5. The van der Waals surface area contributed by atoms with Crippen LogP contribution in [-0.2, 0) is 11.2 Å². The summed E-state index contributed by atoms with van der Waals surface area (Å²) in [5, 5.41) is 1.90. The van der Waals surface area contributed by atoms with E-state index >= 15 is 0 Å². The molecule has 0 bridgehead atoms. The molecule has 0 spiro atoms. The first-order valence-corrected chi connectivity index (χ1v) is 10.4. The average molecular weight is 417 g/mol. The van der Waals surface area contributed by atoms with E-state index < -0.39 is 0 Å². The van der Waals surface area contributed by atoms with E-state index in [0.29, 0.717) is 17.3 Å². The van der Waals surface area contributed by atoms with Gasteiger partial charge in [0.25, 0.3) is 5.91 Å². The van der Waals surface area contributed by atoms with Gasteiger partial charge in [0.2, 0.25) is 0 Å². The number of carbonyl (C=O) groups is 1. The Morgan fingerprint density at radius 2 is 1.73 bits per heavy atom. The number of aromatic amines is 1. The van der Waals surface area contributed by atoms with E-state index in [1.165, 1.54) is 10.9 Å². The maximum atomic E-state index is 13.2. The van der Waals surface area contributed by atoms with Crippen molar-refractivity contribution in [2.75, 3.05) is 13.2 Å². The maximum absolute atomic E-state index is 13.2. The van der Waals surface area contributed by atoms with Crippen LogP contribution in [0.2, 0.25) is 5.02 Å². The normalized spacial score (nSPS) is 15.8. The molecule has 0 saturated carbocycles. The highest BCUT2D eigenvalue weighted by Gasteiger charge is 2.34. The second-order valence-corrected chi connectivity index (χ2v) is 7.89. The molecule has 0 aliphatic carbocycles. The molecule has 0 radical (unpaired) electrons. The molecule has 0 unspecified atom stereocenters. The van der Waals surface area contributed by atoms with Gasteiger partial charge in [-0.15, -0.1) is 0 Å². The predicted molar refractivity (Wildman–Crippen MR) is 119 cm³/mol. The molecular weight excluding hydrogens is 396 g/mol. The number of nitrogens with one attached hydrogen (secondary N) is 1. The Morgan fingerprint density at radius 1 is 1.00 bits per heavy atom. The van der Waals surface area contributed by atoms with Crippen molar-refractivity contribution in [1.82, 2.24) is 9.88 Å². The van der Waals surface area contributed by atoms with Gasteiger partial charge < -0.3 is 14.6 Å². The summed E-state index contributed by atoms with van der Waals surface area (Å²) in [5.41, 5.74) is 4.47. The summed E-state index contributed by atoms with van der Waals surface area (Å²) < 4.78 is 5.75. The molecule has 0 saturated heterocycles. The number of carbonyl (C=O) groups excluding carboxylic acids is 1. The number of fused-ring (bicyclic) bond motifs is 3. The Morgan fingerprint density at radius 3 is 2.53 bits per heavy atom. The Balaban J connectivity index is 1.51. The molecule has 4 aromatic rings. The lowest BCUT2D eigenvalue weighted by molar-refractivity contribution is -0.135. The lowest BCUT2D eigenvalue weighted by Crippen LogP contribution is -2.42. The van der Waals surface area contributed by atoms with Crippen molar-refractivity contribution >= 4 is 28.4 Å². The number of aromatic nitrogens is 1. The van der Waals surface area contributed by atoms with E-state index in [2.05, 4.69) is 23.2 Å². The van der Waals surface area contributed by atoms with Crippen LogP contribution < -0.4 is 4.74 Å². The van der Waals surface area contributed by atoms with E-state index in [4.69, 9.17) is 16.3 Å². The van der Waals surface area contributed by atoms with Crippen LogP contribution in [0.1, 0.15) is 22.9 Å². The number of nitrogens with zero attached hydrogens (tertiary/aromatic N) is 1. The Bertz CT molecular complexity index is 1180. The van der Waals surface area contributed by atoms with Crippen LogP contribution in [0, 0.1) is 0 Å². The van der Waals surface area contributed by atoms with Crippen LogP contribution in [-0.4, -0.2) is 28.9 Å². The van der Waals surface area contributed by atoms with Crippen LogP contribution in [0.3, 0.4) is 0 Å². The van der Waals surface area contributed by atoms with Crippen molar-refractivity contribution in [2.45, 2.75) is 12.5 Å². The molecule has 4 nitrogen and oxygen atoms in total. The van der Waals surface area contributed by atoms with Crippen molar-refractivity contribution in [3.05, 3.63) is 101 Å². The summed E-state index contributed by atoms with van der Waals surface area (Å²) in [4.78, 5) is 18.7. The first kappa shape index (κ1) is 18.8. The molecule has 5 heteroatoms. The fraction of sp³-hybridized carbons (Fsp3) is 0.160. The van der Waals surface area contributed by atoms with Crippen molar-refractivity contribution in [2.24, 2.45) is 0 Å². The minimum absolute atomic E-state index is 0.00364. The number of amides is 1. The van der Waals surface area contributed by atoms with E-state index in [1.807, 2.05) is 65.6 Å². The highest BCUT2D eigenvalue weighted by Crippen LogP contribution is 2.38. The smallest absolute Gasteiger partial charge is 0.261 e. The van der Waals surface area contributed by atoms with Gasteiger partial charge in [-0.1, -0.05) is 60.1 Å². The molecule has 3 aromatic carbocycles. The van der Waals surface area contributed by atoms with Crippen molar-refractivity contribution in [3.63, 3.8) is 0 Å². The zero-order chi connectivity index (χ0) is 20.5. The molecule has 0 fully saturated rings. The van der Waals surface area contributed by atoms with Gasteiger partial charge in [-0.3, -0.25) is 4.79 Å². The fourth-order valence-corrected chi connectivity index (χ4v) is 4.37. The monoisotopic (exact) mass is 416 g/mol. The SMILES string of the molecule is O=C(COc1ccccc1)N1CCc2c([nH]c3ccccc23)[C@H]1c1ccc(Cl)cc1. The molecule has 1 N–H and O–H groups in total. The number of benzene rings is 3. The largest absolute Gasteiger partial charge is 0.484 e. The predicted octanol–water partition coefficient (Wildman–Crippen LogP) is 5.37. The summed E-state index contributed by atoms with van der Waals surface area (Å²) in [5.74, 6) is 0.653. The summed E-state index contributed by atoms with van der Waals surface area (Å²) in [6.45, 7) is 0.642. The lowest BCUT2D eigenvalue weighted by atomic mass is 9.92. The average Bonchev–Trinajstić information content (AvgIpc) is 3.17. The molecule has 30 heavy (non-hydrogen) atoms. The topological polar surface area (TPSA) is 45.3 Å². The van der Waals surface area contributed by atoms with E-state index in [0.717, 1.165) is 23.2 Å². The Hall–Kier alpha value is -3.24. The van der Waals surface area contributed by atoms with E-state index in [-0.39, 0.29) is 18.6 Å². The molecule has 1 atom stereocenters. The second-order valence-electron chi connectivity index (χ2n) is 7.46. The van der Waals surface area contributed by atoms with Gasteiger partial charge >= 0.3 is 0 Å². The summed E-state index contributed by atoms with van der Waals surface area (Å²) in [7, 11) is 0. The van der Waals surface area contributed by atoms with Gasteiger partial charge in [0.05, 0.1) is 6.04 Å². The van der Waals surface area contributed by atoms with Crippen LogP contribution in [0.5, 0.6) is 5.75 Å². The second kappa shape index (κ2) is 7.88. The highest BCUT2D eigenvalue weighted by molar-refractivity contribution is 6.30.